The Morgan fingerprint density at radius 2 is 1.41 bits per heavy atom. The van der Waals surface area contributed by atoms with Crippen LogP contribution in [0.1, 0.15) is 105 Å². The lowest BCUT2D eigenvalue weighted by molar-refractivity contribution is -0.142. The predicted octanol–water partition coefficient (Wildman–Crippen LogP) is 6.68. The van der Waals surface area contributed by atoms with Gasteiger partial charge in [0.05, 0.1) is 5.92 Å². The highest BCUT2D eigenvalue weighted by atomic mass is 16.4. The van der Waals surface area contributed by atoms with Gasteiger partial charge >= 0.3 is 5.97 Å². The second-order valence-corrected chi connectivity index (χ2v) is 7.38. The first-order valence-corrected chi connectivity index (χ1v) is 9.73. The van der Waals surface area contributed by atoms with Gasteiger partial charge in [-0.05, 0) is 24.7 Å². The minimum Gasteiger partial charge on any atom is -0.481 e. The number of rotatable bonds is 15. The van der Waals surface area contributed by atoms with Crippen LogP contribution in [0.3, 0.4) is 0 Å². The molecule has 0 aliphatic carbocycles. The molecule has 0 spiro atoms. The van der Waals surface area contributed by atoms with Crippen molar-refractivity contribution in [2.75, 3.05) is 0 Å². The van der Waals surface area contributed by atoms with Gasteiger partial charge in [0.15, 0.2) is 0 Å². The monoisotopic (exact) mass is 312 g/mol. The van der Waals surface area contributed by atoms with Crippen LogP contribution in [0.2, 0.25) is 0 Å². The van der Waals surface area contributed by atoms with E-state index in [0.29, 0.717) is 5.92 Å². The van der Waals surface area contributed by atoms with Gasteiger partial charge in [-0.15, -0.1) is 0 Å². The molecule has 0 radical (unpaired) electrons. The molecule has 0 bridgehead atoms. The molecule has 0 aromatic rings. The number of carboxylic acid groups (broad SMARTS) is 1. The zero-order valence-electron chi connectivity index (χ0n) is 15.6. The summed E-state index contributed by atoms with van der Waals surface area (Å²) in [6.07, 6.45) is 14.2. The highest BCUT2D eigenvalue weighted by Gasteiger charge is 2.19. The molecular formula is C20H40O2. The maximum absolute atomic E-state index is 11.4. The Labute approximate surface area is 139 Å². The number of unbranched alkanes of at least 4 members (excludes halogenated alkanes) is 5. The molecular weight excluding hydrogens is 272 g/mol. The van der Waals surface area contributed by atoms with Gasteiger partial charge in [-0.25, -0.2) is 0 Å². The largest absolute Gasteiger partial charge is 0.481 e. The van der Waals surface area contributed by atoms with Crippen molar-refractivity contribution in [1.82, 2.24) is 0 Å². The smallest absolute Gasteiger partial charge is 0.306 e. The van der Waals surface area contributed by atoms with Gasteiger partial charge in [-0.3, -0.25) is 4.79 Å². The molecule has 0 aliphatic rings. The fraction of sp³-hybridized carbons (Fsp3) is 0.950. The van der Waals surface area contributed by atoms with Crippen LogP contribution < -0.4 is 0 Å². The van der Waals surface area contributed by atoms with E-state index < -0.39 is 5.97 Å². The molecule has 22 heavy (non-hydrogen) atoms. The van der Waals surface area contributed by atoms with Crippen molar-refractivity contribution in [3.05, 3.63) is 0 Å². The molecule has 0 fully saturated rings. The third-order valence-electron chi connectivity index (χ3n) is 5.03. The Balaban J connectivity index is 3.85. The molecule has 0 rings (SSSR count). The van der Waals surface area contributed by atoms with Crippen molar-refractivity contribution in [3.63, 3.8) is 0 Å². The number of hydrogen-bond donors (Lipinski definition) is 1. The van der Waals surface area contributed by atoms with Crippen LogP contribution in [-0.2, 0) is 4.79 Å². The zero-order valence-corrected chi connectivity index (χ0v) is 15.6. The van der Waals surface area contributed by atoms with Crippen molar-refractivity contribution in [2.24, 2.45) is 17.8 Å². The fourth-order valence-corrected chi connectivity index (χ4v) is 3.14. The summed E-state index contributed by atoms with van der Waals surface area (Å²) in [6, 6.07) is 0. The van der Waals surface area contributed by atoms with Crippen molar-refractivity contribution in [3.8, 4) is 0 Å². The number of hydrogen-bond acceptors (Lipinski definition) is 1. The van der Waals surface area contributed by atoms with Crippen LogP contribution in [0.25, 0.3) is 0 Å². The van der Waals surface area contributed by atoms with Crippen LogP contribution in [0, 0.1) is 17.8 Å². The standard InChI is InChI=1S/C20H40O2/c1-5-7-8-9-10-11-15-19(20(21)22)16-18(4)14-12-13-17(3)6-2/h17-19H,5-16H2,1-4H3,(H,21,22). The first kappa shape index (κ1) is 21.5. The van der Waals surface area contributed by atoms with Gasteiger partial charge in [0.2, 0.25) is 0 Å². The molecule has 1 N–H and O–H groups in total. The molecule has 0 saturated heterocycles. The van der Waals surface area contributed by atoms with Crippen LogP contribution in [0.15, 0.2) is 0 Å². The molecule has 3 atom stereocenters. The third-order valence-corrected chi connectivity index (χ3v) is 5.03. The lowest BCUT2D eigenvalue weighted by Crippen LogP contribution is -2.17. The first-order valence-electron chi connectivity index (χ1n) is 9.73. The Morgan fingerprint density at radius 1 is 0.818 bits per heavy atom. The topological polar surface area (TPSA) is 37.3 Å². The van der Waals surface area contributed by atoms with E-state index in [1.807, 2.05) is 0 Å². The van der Waals surface area contributed by atoms with Gasteiger partial charge in [0, 0.05) is 0 Å². The van der Waals surface area contributed by atoms with E-state index in [0.717, 1.165) is 25.2 Å². The quantitative estimate of drug-likeness (QED) is 0.342. The van der Waals surface area contributed by atoms with Gasteiger partial charge in [-0.1, -0.05) is 91.9 Å². The van der Waals surface area contributed by atoms with E-state index in [9.17, 15) is 9.90 Å². The van der Waals surface area contributed by atoms with Crippen molar-refractivity contribution in [2.45, 2.75) is 105 Å². The van der Waals surface area contributed by atoms with E-state index >= 15 is 0 Å². The third kappa shape index (κ3) is 12.1. The van der Waals surface area contributed by atoms with E-state index in [1.165, 1.54) is 57.8 Å². The summed E-state index contributed by atoms with van der Waals surface area (Å²) >= 11 is 0. The van der Waals surface area contributed by atoms with E-state index in [4.69, 9.17) is 0 Å². The lowest BCUT2D eigenvalue weighted by Gasteiger charge is -2.18. The zero-order chi connectivity index (χ0) is 16.8. The average Bonchev–Trinajstić information content (AvgIpc) is 2.49. The molecule has 0 aromatic heterocycles. The average molecular weight is 313 g/mol. The van der Waals surface area contributed by atoms with Gasteiger partial charge in [-0.2, -0.15) is 0 Å². The van der Waals surface area contributed by atoms with Crippen molar-refractivity contribution < 1.29 is 9.90 Å². The number of aliphatic carboxylic acids is 1. The number of carboxylic acids is 1. The minimum atomic E-state index is -0.581. The molecule has 2 nitrogen and oxygen atoms in total. The summed E-state index contributed by atoms with van der Waals surface area (Å²) in [5.74, 6) is 0.656. The second-order valence-electron chi connectivity index (χ2n) is 7.38. The molecule has 0 amide bonds. The fourth-order valence-electron chi connectivity index (χ4n) is 3.14. The van der Waals surface area contributed by atoms with Crippen LogP contribution in [-0.4, -0.2) is 11.1 Å². The predicted molar refractivity (Wildman–Crippen MR) is 96.2 cm³/mol. The molecule has 0 heterocycles. The van der Waals surface area contributed by atoms with Crippen molar-refractivity contribution >= 4 is 5.97 Å². The maximum atomic E-state index is 11.4. The normalized spacial score (nSPS) is 15.5. The highest BCUT2D eigenvalue weighted by molar-refractivity contribution is 5.69. The van der Waals surface area contributed by atoms with Gasteiger partial charge in [0.25, 0.3) is 0 Å². The molecule has 0 aromatic carbocycles. The van der Waals surface area contributed by atoms with Crippen LogP contribution in [0.4, 0.5) is 0 Å². The SMILES string of the molecule is CCCCCCCCC(CC(C)CCCC(C)CC)C(=O)O. The first-order chi connectivity index (χ1) is 10.5. The summed E-state index contributed by atoms with van der Waals surface area (Å²) in [5.41, 5.74) is 0. The van der Waals surface area contributed by atoms with Gasteiger partial charge in [0.1, 0.15) is 0 Å². The van der Waals surface area contributed by atoms with E-state index in [2.05, 4.69) is 27.7 Å². The van der Waals surface area contributed by atoms with E-state index in [-0.39, 0.29) is 5.92 Å². The molecule has 132 valence electrons. The Hall–Kier alpha value is -0.530. The molecule has 2 heteroatoms. The Kier molecular flexibility index (Phi) is 13.7. The lowest BCUT2D eigenvalue weighted by atomic mass is 9.87. The van der Waals surface area contributed by atoms with E-state index in [1.54, 1.807) is 0 Å². The summed E-state index contributed by atoms with van der Waals surface area (Å²) < 4.78 is 0. The van der Waals surface area contributed by atoms with Crippen LogP contribution in [0.5, 0.6) is 0 Å². The molecule has 0 saturated carbocycles. The Bertz CT molecular complexity index is 262. The maximum Gasteiger partial charge on any atom is 0.306 e. The molecule has 0 aliphatic heterocycles. The highest BCUT2D eigenvalue weighted by Crippen LogP contribution is 2.24. The number of carbonyl (C=O) groups is 1. The van der Waals surface area contributed by atoms with Gasteiger partial charge < -0.3 is 5.11 Å². The second kappa shape index (κ2) is 14.1. The summed E-state index contributed by atoms with van der Waals surface area (Å²) in [5, 5.41) is 9.41. The van der Waals surface area contributed by atoms with Crippen LogP contribution >= 0.6 is 0 Å². The molecule has 3 unspecified atom stereocenters. The summed E-state index contributed by atoms with van der Waals surface area (Å²) in [7, 11) is 0. The minimum absolute atomic E-state index is 0.121. The summed E-state index contributed by atoms with van der Waals surface area (Å²) in [6.45, 7) is 9.01. The summed E-state index contributed by atoms with van der Waals surface area (Å²) in [4.78, 5) is 11.4. The Morgan fingerprint density at radius 3 is 2.00 bits per heavy atom. The van der Waals surface area contributed by atoms with Crippen molar-refractivity contribution in [1.29, 1.82) is 0 Å².